The van der Waals surface area contributed by atoms with Crippen LogP contribution >= 0.6 is 0 Å². The molecule has 0 unspecified atom stereocenters. The molecule has 0 spiro atoms. The Morgan fingerprint density at radius 1 is 1.07 bits per heavy atom. The molecule has 2 aromatic carbocycles. The Hall–Kier alpha value is -3.48. The summed E-state index contributed by atoms with van der Waals surface area (Å²) in [6.07, 6.45) is 0.346. The summed E-state index contributed by atoms with van der Waals surface area (Å²) >= 11 is 0. The number of hydrogen-bond donors (Lipinski definition) is 1. The predicted octanol–water partition coefficient (Wildman–Crippen LogP) is 2.84. The highest BCUT2D eigenvalue weighted by Gasteiger charge is 2.11. The van der Waals surface area contributed by atoms with Gasteiger partial charge in [-0.2, -0.15) is 4.98 Å². The number of carbonyl (C=O) groups is 2. The number of aromatic nitrogens is 2. The van der Waals surface area contributed by atoms with Crippen molar-refractivity contribution in [3.05, 3.63) is 71.6 Å². The van der Waals surface area contributed by atoms with E-state index in [0.717, 1.165) is 16.7 Å². The first-order valence-corrected chi connectivity index (χ1v) is 8.96. The Labute approximate surface area is 162 Å². The molecule has 0 bridgehead atoms. The van der Waals surface area contributed by atoms with Gasteiger partial charge in [0.25, 0.3) is 5.89 Å². The maximum Gasteiger partial charge on any atom is 0.308 e. The van der Waals surface area contributed by atoms with Crippen molar-refractivity contribution in [2.45, 2.75) is 26.4 Å². The Balaban J connectivity index is 1.37. The molecule has 0 radical (unpaired) electrons. The second-order valence-corrected chi connectivity index (χ2v) is 6.30. The molecule has 0 aliphatic carbocycles. The number of esters is 1. The van der Waals surface area contributed by atoms with Gasteiger partial charge in [-0.15, -0.1) is 0 Å². The van der Waals surface area contributed by atoms with Gasteiger partial charge in [0.1, 0.15) is 0 Å². The summed E-state index contributed by atoms with van der Waals surface area (Å²) in [5.41, 5.74) is 2.88. The summed E-state index contributed by atoms with van der Waals surface area (Å²) < 4.78 is 10.2. The van der Waals surface area contributed by atoms with Crippen LogP contribution in [0.25, 0.3) is 11.4 Å². The summed E-state index contributed by atoms with van der Waals surface area (Å²) in [4.78, 5) is 27.9. The molecule has 0 aliphatic rings. The number of benzene rings is 2. The first-order chi connectivity index (χ1) is 13.6. The summed E-state index contributed by atoms with van der Waals surface area (Å²) in [7, 11) is 0. The van der Waals surface area contributed by atoms with E-state index in [1.54, 1.807) is 0 Å². The van der Waals surface area contributed by atoms with Crippen LogP contribution < -0.4 is 5.32 Å². The predicted molar refractivity (Wildman–Crippen MR) is 102 cm³/mol. The minimum atomic E-state index is -0.449. The molecule has 7 heteroatoms. The van der Waals surface area contributed by atoms with Crippen molar-refractivity contribution in [1.29, 1.82) is 0 Å². The third-order valence-electron chi connectivity index (χ3n) is 3.99. The smallest absolute Gasteiger partial charge is 0.308 e. The third kappa shape index (κ3) is 5.77. The fraction of sp³-hybridized carbons (Fsp3) is 0.238. The van der Waals surface area contributed by atoms with Crippen LogP contribution in [0.1, 0.15) is 23.4 Å². The van der Waals surface area contributed by atoms with Gasteiger partial charge < -0.3 is 14.6 Å². The molecule has 0 fully saturated rings. The Morgan fingerprint density at radius 3 is 2.57 bits per heavy atom. The SMILES string of the molecule is Cc1ccc(-c2noc(COC(=O)CCNC(=O)Cc3ccccc3)n2)cc1. The monoisotopic (exact) mass is 379 g/mol. The van der Waals surface area contributed by atoms with Crippen LogP contribution in [0.15, 0.2) is 59.1 Å². The number of aryl methyl sites for hydroxylation is 1. The van der Waals surface area contributed by atoms with Crippen LogP contribution in [0, 0.1) is 6.92 Å². The lowest BCUT2D eigenvalue weighted by molar-refractivity contribution is -0.145. The van der Waals surface area contributed by atoms with Crippen LogP contribution in [0.5, 0.6) is 0 Å². The lowest BCUT2D eigenvalue weighted by atomic mass is 10.1. The second-order valence-electron chi connectivity index (χ2n) is 6.30. The van der Waals surface area contributed by atoms with E-state index in [4.69, 9.17) is 9.26 Å². The van der Waals surface area contributed by atoms with Crippen LogP contribution in [-0.4, -0.2) is 28.6 Å². The molecule has 0 saturated heterocycles. The number of amides is 1. The van der Waals surface area contributed by atoms with Crippen molar-refractivity contribution in [2.24, 2.45) is 0 Å². The largest absolute Gasteiger partial charge is 0.456 e. The van der Waals surface area contributed by atoms with E-state index in [2.05, 4.69) is 15.5 Å². The van der Waals surface area contributed by atoms with Gasteiger partial charge in [-0.3, -0.25) is 9.59 Å². The number of ether oxygens (including phenoxy) is 1. The first-order valence-electron chi connectivity index (χ1n) is 8.96. The van der Waals surface area contributed by atoms with Crippen LogP contribution in [0.2, 0.25) is 0 Å². The van der Waals surface area contributed by atoms with Crippen molar-refractivity contribution < 1.29 is 18.8 Å². The normalized spacial score (nSPS) is 10.5. The molecule has 1 amide bonds. The molecule has 0 atom stereocenters. The van der Waals surface area contributed by atoms with Gasteiger partial charge in [-0.05, 0) is 12.5 Å². The molecule has 144 valence electrons. The lowest BCUT2D eigenvalue weighted by Gasteiger charge is -2.05. The number of carbonyl (C=O) groups excluding carboxylic acids is 2. The van der Waals surface area contributed by atoms with E-state index < -0.39 is 5.97 Å². The minimum absolute atomic E-state index is 0.0689. The van der Waals surface area contributed by atoms with E-state index in [1.165, 1.54) is 0 Å². The van der Waals surface area contributed by atoms with E-state index in [1.807, 2.05) is 61.5 Å². The molecule has 3 aromatic rings. The van der Waals surface area contributed by atoms with Gasteiger partial charge in [-0.1, -0.05) is 65.3 Å². The summed E-state index contributed by atoms with van der Waals surface area (Å²) in [5, 5.41) is 6.58. The van der Waals surface area contributed by atoms with Crippen molar-refractivity contribution in [2.75, 3.05) is 6.54 Å². The zero-order valence-corrected chi connectivity index (χ0v) is 15.6. The molecule has 7 nitrogen and oxygen atoms in total. The zero-order valence-electron chi connectivity index (χ0n) is 15.6. The minimum Gasteiger partial charge on any atom is -0.456 e. The van der Waals surface area contributed by atoms with Gasteiger partial charge >= 0.3 is 5.97 Å². The maximum absolute atomic E-state index is 11.8. The highest BCUT2D eigenvalue weighted by atomic mass is 16.6. The van der Waals surface area contributed by atoms with Gasteiger partial charge in [0.2, 0.25) is 11.7 Å². The Kier molecular flexibility index (Phi) is 6.51. The van der Waals surface area contributed by atoms with Crippen LogP contribution in [0.3, 0.4) is 0 Å². The molecule has 1 aromatic heterocycles. The van der Waals surface area contributed by atoms with Gasteiger partial charge in [0.05, 0.1) is 12.8 Å². The van der Waals surface area contributed by atoms with E-state index in [-0.39, 0.29) is 37.8 Å². The van der Waals surface area contributed by atoms with E-state index in [9.17, 15) is 9.59 Å². The van der Waals surface area contributed by atoms with Gasteiger partial charge in [0.15, 0.2) is 6.61 Å². The molecule has 3 rings (SSSR count). The Bertz CT molecular complexity index is 920. The van der Waals surface area contributed by atoms with Crippen molar-refractivity contribution in [3.8, 4) is 11.4 Å². The first kappa shape index (κ1) is 19.3. The summed E-state index contributed by atoms with van der Waals surface area (Å²) in [6.45, 7) is 2.10. The summed E-state index contributed by atoms with van der Waals surface area (Å²) in [5.74, 6) is 0.0741. The van der Waals surface area contributed by atoms with E-state index >= 15 is 0 Å². The highest BCUT2D eigenvalue weighted by Crippen LogP contribution is 2.16. The maximum atomic E-state index is 11.8. The Morgan fingerprint density at radius 2 is 1.82 bits per heavy atom. The highest BCUT2D eigenvalue weighted by molar-refractivity contribution is 5.79. The molecule has 1 N–H and O–H groups in total. The van der Waals surface area contributed by atoms with Crippen LogP contribution in [0.4, 0.5) is 0 Å². The average molecular weight is 379 g/mol. The second kappa shape index (κ2) is 9.45. The third-order valence-corrected chi connectivity index (χ3v) is 3.99. The van der Waals surface area contributed by atoms with Crippen LogP contribution in [-0.2, 0) is 27.4 Å². The number of hydrogen-bond acceptors (Lipinski definition) is 6. The van der Waals surface area contributed by atoms with E-state index in [0.29, 0.717) is 5.82 Å². The zero-order chi connectivity index (χ0) is 19.8. The van der Waals surface area contributed by atoms with Gasteiger partial charge in [0, 0.05) is 12.1 Å². The fourth-order valence-electron chi connectivity index (χ4n) is 2.50. The fourth-order valence-corrected chi connectivity index (χ4v) is 2.50. The molecular formula is C21H21N3O4. The standard InChI is InChI=1S/C21H21N3O4/c1-15-7-9-17(10-8-15)21-23-19(28-24-21)14-27-20(26)11-12-22-18(25)13-16-5-3-2-4-6-16/h2-10H,11-14H2,1H3,(H,22,25). The van der Waals surface area contributed by atoms with Crippen molar-refractivity contribution in [1.82, 2.24) is 15.5 Å². The average Bonchev–Trinajstić information content (AvgIpc) is 3.17. The topological polar surface area (TPSA) is 94.3 Å². The molecule has 0 saturated carbocycles. The number of nitrogens with one attached hydrogen (secondary N) is 1. The van der Waals surface area contributed by atoms with Crippen molar-refractivity contribution >= 4 is 11.9 Å². The number of nitrogens with zero attached hydrogens (tertiary/aromatic N) is 2. The van der Waals surface area contributed by atoms with Crippen molar-refractivity contribution in [3.63, 3.8) is 0 Å². The summed E-state index contributed by atoms with van der Waals surface area (Å²) in [6, 6.07) is 17.1. The molecule has 0 aliphatic heterocycles. The molecule has 1 heterocycles. The quantitative estimate of drug-likeness (QED) is 0.605. The lowest BCUT2D eigenvalue weighted by Crippen LogP contribution is -2.27. The molecular weight excluding hydrogens is 358 g/mol. The van der Waals surface area contributed by atoms with Gasteiger partial charge in [-0.25, -0.2) is 0 Å². The molecule has 28 heavy (non-hydrogen) atoms. The number of rotatable bonds is 8.